The first-order valence-electron chi connectivity index (χ1n) is 5.31. The molecular formula is C12H11BrF3NO. The molecule has 1 N–H and O–H groups in total. The molecule has 6 heteroatoms. The van der Waals surface area contributed by atoms with E-state index in [4.69, 9.17) is 0 Å². The molecule has 2 rings (SSSR count). The van der Waals surface area contributed by atoms with Crippen LogP contribution in [0.15, 0.2) is 22.7 Å². The van der Waals surface area contributed by atoms with E-state index in [1.807, 2.05) is 0 Å². The first-order chi connectivity index (χ1) is 8.26. The molecule has 18 heavy (non-hydrogen) atoms. The standard InChI is InChI=1S/C12H11BrF3NO/c1-11(10(18)17-2)9(12(11,15)16)6-3-4-7(13)8(14)5-6/h3-5,9H,1-2H3,(H,17,18). The summed E-state index contributed by atoms with van der Waals surface area (Å²) in [5.74, 6) is -5.80. The molecule has 1 aromatic rings. The molecule has 0 aromatic heterocycles. The highest BCUT2D eigenvalue weighted by atomic mass is 79.9. The van der Waals surface area contributed by atoms with E-state index in [1.54, 1.807) is 0 Å². The zero-order valence-corrected chi connectivity index (χ0v) is 11.3. The van der Waals surface area contributed by atoms with Crippen LogP contribution >= 0.6 is 15.9 Å². The number of alkyl halides is 2. The van der Waals surface area contributed by atoms with Gasteiger partial charge in [0.15, 0.2) is 0 Å². The van der Waals surface area contributed by atoms with Crippen LogP contribution in [0, 0.1) is 11.2 Å². The lowest BCUT2D eigenvalue weighted by molar-refractivity contribution is -0.128. The number of halogens is 4. The Labute approximate surface area is 111 Å². The molecule has 0 saturated heterocycles. The summed E-state index contributed by atoms with van der Waals surface area (Å²) in [6.45, 7) is 1.19. The SMILES string of the molecule is CNC(=O)C1(C)C(c2ccc(Br)c(F)c2)C1(F)F. The number of nitrogens with one attached hydrogen (secondary N) is 1. The second-order valence-corrected chi connectivity index (χ2v) is 5.37. The monoisotopic (exact) mass is 321 g/mol. The number of rotatable bonds is 2. The molecule has 1 aromatic carbocycles. The second-order valence-electron chi connectivity index (χ2n) is 4.51. The van der Waals surface area contributed by atoms with E-state index in [0.29, 0.717) is 0 Å². The number of hydrogen-bond acceptors (Lipinski definition) is 1. The molecule has 98 valence electrons. The van der Waals surface area contributed by atoms with Crippen LogP contribution in [0.1, 0.15) is 18.4 Å². The number of benzene rings is 1. The fourth-order valence-electron chi connectivity index (χ4n) is 2.31. The molecule has 2 nitrogen and oxygen atoms in total. The first-order valence-corrected chi connectivity index (χ1v) is 6.11. The van der Waals surface area contributed by atoms with Gasteiger partial charge in [-0.05, 0) is 40.5 Å². The lowest BCUT2D eigenvalue weighted by Gasteiger charge is -2.08. The minimum absolute atomic E-state index is 0.131. The van der Waals surface area contributed by atoms with Gasteiger partial charge in [0.25, 0.3) is 5.92 Å². The molecular weight excluding hydrogens is 311 g/mol. The number of amides is 1. The summed E-state index contributed by atoms with van der Waals surface area (Å²) in [4.78, 5) is 11.6. The van der Waals surface area contributed by atoms with Crippen LogP contribution in [-0.4, -0.2) is 18.9 Å². The van der Waals surface area contributed by atoms with E-state index in [0.717, 1.165) is 6.07 Å². The van der Waals surface area contributed by atoms with Gasteiger partial charge in [-0.2, -0.15) is 0 Å². The lowest BCUT2D eigenvalue weighted by Crippen LogP contribution is -2.31. The van der Waals surface area contributed by atoms with E-state index >= 15 is 0 Å². The Bertz CT molecular complexity index is 520. The lowest BCUT2D eigenvalue weighted by atomic mass is 10.0. The molecule has 0 bridgehead atoms. The zero-order valence-electron chi connectivity index (χ0n) is 9.73. The topological polar surface area (TPSA) is 29.1 Å². The highest BCUT2D eigenvalue weighted by Gasteiger charge is 2.82. The normalized spacial score (nSPS) is 28.9. The van der Waals surface area contributed by atoms with Crippen molar-refractivity contribution in [3.8, 4) is 0 Å². The molecule has 2 atom stereocenters. The Hall–Kier alpha value is -1.04. The van der Waals surface area contributed by atoms with Gasteiger partial charge in [0.05, 0.1) is 10.4 Å². The summed E-state index contributed by atoms with van der Waals surface area (Å²) >= 11 is 2.96. The minimum atomic E-state index is -3.16. The van der Waals surface area contributed by atoms with Crippen molar-refractivity contribution < 1.29 is 18.0 Å². The summed E-state index contributed by atoms with van der Waals surface area (Å²) in [5.41, 5.74) is -1.67. The number of hydrogen-bond donors (Lipinski definition) is 1. The van der Waals surface area contributed by atoms with Gasteiger partial charge in [-0.15, -0.1) is 0 Å². The molecule has 1 amide bonds. The van der Waals surface area contributed by atoms with Gasteiger partial charge in [0, 0.05) is 7.05 Å². The Kier molecular flexibility index (Phi) is 2.96. The van der Waals surface area contributed by atoms with Crippen LogP contribution in [0.25, 0.3) is 0 Å². The van der Waals surface area contributed by atoms with Crippen molar-refractivity contribution in [3.63, 3.8) is 0 Å². The van der Waals surface area contributed by atoms with E-state index < -0.39 is 29.0 Å². The van der Waals surface area contributed by atoms with Gasteiger partial charge >= 0.3 is 0 Å². The van der Waals surface area contributed by atoms with Crippen LogP contribution in [0.4, 0.5) is 13.2 Å². The van der Waals surface area contributed by atoms with E-state index in [-0.39, 0.29) is 10.0 Å². The van der Waals surface area contributed by atoms with Gasteiger partial charge < -0.3 is 5.32 Å². The summed E-state index contributed by atoms with van der Waals surface area (Å²) in [6.07, 6.45) is 0. The molecule has 0 aliphatic heterocycles. The maximum absolute atomic E-state index is 13.8. The predicted octanol–water partition coefficient (Wildman–Crippen LogP) is 3.07. The highest BCUT2D eigenvalue weighted by Crippen LogP contribution is 2.71. The Morgan fingerprint density at radius 3 is 2.56 bits per heavy atom. The average molecular weight is 322 g/mol. The Morgan fingerprint density at radius 1 is 1.44 bits per heavy atom. The maximum atomic E-state index is 13.8. The van der Waals surface area contributed by atoms with E-state index in [1.165, 1.54) is 26.1 Å². The molecule has 1 aliphatic rings. The van der Waals surface area contributed by atoms with Crippen LogP contribution < -0.4 is 5.32 Å². The second kappa shape index (κ2) is 3.98. The van der Waals surface area contributed by atoms with Gasteiger partial charge in [-0.1, -0.05) is 6.07 Å². The fourth-order valence-corrected chi connectivity index (χ4v) is 2.55. The van der Waals surface area contributed by atoms with Crippen molar-refractivity contribution >= 4 is 21.8 Å². The third-order valence-corrected chi connectivity index (χ3v) is 4.17. The number of carbonyl (C=O) groups is 1. The van der Waals surface area contributed by atoms with Gasteiger partial charge in [0.1, 0.15) is 11.2 Å². The highest BCUT2D eigenvalue weighted by molar-refractivity contribution is 9.10. The average Bonchev–Trinajstić information content (AvgIpc) is 2.77. The third-order valence-electron chi connectivity index (χ3n) is 3.52. The van der Waals surface area contributed by atoms with Crippen molar-refractivity contribution in [1.82, 2.24) is 5.32 Å². The maximum Gasteiger partial charge on any atom is 0.270 e. The predicted molar refractivity (Wildman–Crippen MR) is 64.0 cm³/mol. The van der Waals surface area contributed by atoms with Gasteiger partial charge in [-0.25, -0.2) is 13.2 Å². The summed E-state index contributed by atoms with van der Waals surface area (Å²) in [6, 6.07) is 3.81. The smallest absolute Gasteiger partial charge is 0.270 e. The van der Waals surface area contributed by atoms with Gasteiger partial charge in [-0.3, -0.25) is 4.79 Å². The van der Waals surface area contributed by atoms with E-state index in [9.17, 15) is 18.0 Å². The first kappa shape index (κ1) is 13.4. The summed E-state index contributed by atoms with van der Waals surface area (Å²) < 4.78 is 41.2. The fraction of sp³-hybridized carbons (Fsp3) is 0.417. The van der Waals surface area contributed by atoms with Crippen LogP contribution in [-0.2, 0) is 4.79 Å². The minimum Gasteiger partial charge on any atom is -0.358 e. The number of carbonyl (C=O) groups excluding carboxylic acids is 1. The molecule has 2 unspecified atom stereocenters. The van der Waals surface area contributed by atoms with Crippen LogP contribution in [0.3, 0.4) is 0 Å². The van der Waals surface area contributed by atoms with Crippen molar-refractivity contribution in [2.75, 3.05) is 7.05 Å². The van der Waals surface area contributed by atoms with Crippen molar-refractivity contribution in [3.05, 3.63) is 34.1 Å². The Balaban J connectivity index is 2.41. The van der Waals surface area contributed by atoms with Gasteiger partial charge in [0.2, 0.25) is 5.91 Å². The molecule has 0 spiro atoms. The molecule has 0 radical (unpaired) electrons. The van der Waals surface area contributed by atoms with E-state index in [2.05, 4.69) is 21.2 Å². The molecule has 1 aliphatic carbocycles. The van der Waals surface area contributed by atoms with Crippen LogP contribution in [0.2, 0.25) is 0 Å². The van der Waals surface area contributed by atoms with Crippen LogP contribution in [0.5, 0.6) is 0 Å². The summed E-state index contributed by atoms with van der Waals surface area (Å²) in [7, 11) is 1.31. The van der Waals surface area contributed by atoms with Crippen molar-refractivity contribution in [2.24, 2.45) is 5.41 Å². The third kappa shape index (κ3) is 1.58. The van der Waals surface area contributed by atoms with Crippen molar-refractivity contribution in [2.45, 2.75) is 18.8 Å². The quantitative estimate of drug-likeness (QED) is 0.891. The van der Waals surface area contributed by atoms with Crippen molar-refractivity contribution in [1.29, 1.82) is 0 Å². The Morgan fingerprint density at radius 2 is 2.06 bits per heavy atom. The molecule has 1 saturated carbocycles. The molecule has 0 heterocycles. The summed E-state index contributed by atoms with van der Waals surface area (Å²) in [5, 5.41) is 2.23. The zero-order chi connectivity index (χ0) is 13.7. The largest absolute Gasteiger partial charge is 0.358 e. The molecule has 1 fully saturated rings.